The number of carbonyl (C=O) groups excluding carboxylic acids is 2. The zero-order valence-corrected chi connectivity index (χ0v) is 17.4. The summed E-state index contributed by atoms with van der Waals surface area (Å²) in [5.41, 5.74) is 2.91. The lowest BCUT2D eigenvalue weighted by atomic mass is 10.1. The lowest BCUT2D eigenvalue weighted by Crippen LogP contribution is -2.50. The lowest BCUT2D eigenvalue weighted by Gasteiger charge is -2.36. The highest BCUT2D eigenvalue weighted by Crippen LogP contribution is 2.38. The van der Waals surface area contributed by atoms with E-state index in [1.165, 1.54) is 42.2 Å². The van der Waals surface area contributed by atoms with Crippen LogP contribution in [0, 0.1) is 6.92 Å². The van der Waals surface area contributed by atoms with Crippen molar-refractivity contribution in [2.45, 2.75) is 25.3 Å². The van der Waals surface area contributed by atoms with Gasteiger partial charge in [-0.2, -0.15) is 4.31 Å². The van der Waals surface area contributed by atoms with Gasteiger partial charge in [0.1, 0.15) is 4.90 Å². The van der Waals surface area contributed by atoms with Gasteiger partial charge >= 0.3 is 6.03 Å². The third-order valence-corrected chi connectivity index (χ3v) is 6.93. The molecule has 0 saturated heterocycles. The van der Waals surface area contributed by atoms with Crippen LogP contribution in [0.5, 0.6) is 0 Å². The van der Waals surface area contributed by atoms with Gasteiger partial charge in [0.05, 0.1) is 17.9 Å². The second-order valence-corrected chi connectivity index (χ2v) is 8.89. The van der Waals surface area contributed by atoms with Crippen molar-refractivity contribution < 1.29 is 18.0 Å². The number of benzene rings is 3. The Morgan fingerprint density at radius 1 is 0.900 bits per heavy atom. The Kier molecular flexibility index (Phi) is 4.91. The summed E-state index contributed by atoms with van der Waals surface area (Å²) in [7, 11) is -4.10. The molecule has 1 aliphatic heterocycles. The number of rotatable bonds is 4. The quantitative estimate of drug-likeness (QED) is 0.581. The van der Waals surface area contributed by atoms with Crippen LogP contribution in [-0.2, 0) is 16.6 Å². The minimum Gasteiger partial charge on any atom is -0.295 e. The molecule has 3 aromatic rings. The lowest BCUT2D eigenvalue weighted by molar-refractivity contribution is 0.101. The zero-order chi connectivity index (χ0) is 21.5. The number of amides is 2. The van der Waals surface area contributed by atoms with Crippen molar-refractivity contribution in [1.29, 1.82) is 0 Å². The Balaban J connectivity index is 1.85. The van der Waals surface area contributed by atoms with E-state index in [0.717, 1.165) is 15.4 Å². The standard InChI is InChI=1S/C23H20N2O4S/c1-16-7-3-4-8-19(16)15-24-21-9-5-6-10-22(21)30(28,29)25(23(24)27)20-13-11-18(12-14-20)17(2)26/h3-14H,15H2,1-2H3. The van der Waals surface area contributed by atoms with E-state index in [0.29, 0.717) is 11.3 Å². The first kappa shape index (κ1) is 19.8. The minimum absolute atomic E-state index is 0.0637. The third kappa shape index (κ3) is 3.27. The molecule has 1 aliphatic rings. The summed E-state index contributed by atoms with van der Waals surface area (Å²) in [6.07, 6.45) is 0. The van der Waals surface area contributed by atoms with Crippen molar-refractivity contribution in [3.8, 4) is 0 Å². The molecule has 3 aromatic carbocycles. The van der Waals surface area contributed by atoms with Crippen LogP contribution in [0.3, 0.4) is 0 Å². The van der Waals surface area contributed by atoms with Crippen LogP contribution in [-0.4, -0.2) is 20.2 Å². The van der Waals surface area contributed by atoms with Crippen LogP contribution in [0.2, 0.25) is 0 Å². The highest BCUT2D eigenvalue weighted by atomic mass is 32.2. The number of aryl methyl sites for hydroxylation is 1. The second kappa shape index (κ2) is 7.42. The highest BCUT2D eigenvalue weighted by molar-refractivity contribution is 7.94. The first-order chi connectivity index (χ1) is 14.3. The molecular weight excluding hydrogens is 400 g/mol. The summed E-state index contributed by atoms with van der Waals surface area (Å²) in [6, 6.07) is 19.5. The molecule has 0 aliphatic carbocycles. The van der Waals surface area contributed by atoms with Gasteiger partial charge in [0.15, 0.2) is 5.78 Å². The van der Waals surface area contributed by atoms with Crippen LogP contribution in [0.4, 0.5) is 16.2 Å². The molecule has 0 aromatic heterocycles. The molecule has 0 unspecified atom stereocenters. The van der Waals surface area contributed by atoms with E-state index >= 15 is 0 Å². The van der Waals surface area contributed by atoms with Crippen molar-refractivity contribution in [3.63, 3.8) is 0 Å². The number of fused-ring (bicyclic) bond motifs is 1. The summed E-state index contributed by atoms with van der Waals surface area (Å²) in [5, 5.41) is 0. The second-order valence-electron chi connectivity index (χ2n) is 7.14. The molecule has 0 spiro atoms. The predicted molar refractivity (Wildman–Crippen MR) is 115 cm³/mol. The molecule has 1 heterocycles. The summed E-state index contributed by atoms with van der Waals surface area (Å²) in [4.78, 5) is 26.5. The Morgan fingerprint density at radius 3 is 2.20 bits per heavy atom. The predicted octanol–water partition coefficient (Wildman–Crippen LogP) is 4.53. The van der Waals surface area contributed by atoms with E-state index in [1.54, 1.807) is 18.2 Å². The van der Waals surface area contributed by atoms with Crippen LogP contribution in [0.1, 0.15) is 28.4 Å². The van der Waals surface area contributed by atoms with E-state index in [4.69, 9.17) is 0 Å². The molecular formula is C23H20N2O4S. The van der Waals surface area contributed by atoms with Crippen molar-refractivity contribution >= 4 is 33.2 Å². The first-order valence-electron chi connectivity index (χ1n) is 9.42. The number of para-hydroxylation sites is 1. The molecule has 30 heavy (non-hydrogen) atoms. The molecule has 2 amide bonds. The van der Waals surface area contributed by atoms with Gasteiger partial charge in [0, 0.05) is 5.56 Å². The monoisotopic (exact) mass is 420 g/mol. The molecule has 0 atom stereocenters. The van der Waals surface area contributed by atoms with Crippen LogP contribution < -0.4 is 9.21 Å². The van der Waals surface area contributed by atoms with Crippen molar-refractivity contribution in [3.05, 3.63) is 89.5 Å². The molecule has 0 fully saturated rings. The van der Waals surface area contributed by atoms with Gasteiger partial charge in [-0.15, -0.1) is 0 Å². The van der Waals surface area contributed by atoms with Crippen LogP contribution >= 0.6 is 0 Å². The third-order valence-electron chi connectivity index (χ3n) is 5.18. The smallest absolute Gasteiger partial charge is 0.295 e. The summed E-state index contributed by atoms with van der Waals surface area (Å²) >= 11 is 0. The van der Waals surface area contributed by atoms with Crippen LogP contribution in [0.25, 0.3) is 0 Å². The van der Waals surface area contributed by atoms with Gasteiger partial charge in [0.25, 0.3) is 10.0 Å². The van der Waals surface area contributed by atoms with Gasteiger partial charge in [-0.3, -0.25) is 9.69 Å². The van der Waals surface area contributed by atoms with Crippen molar-refractivity contribution in [2.75, 3.05) is 9.21 Å². The molecule has 7 heteroatoms. The maximum Gasteiger partial charge on any atom is 0.343 e. The average molecular weight is 420 g/mol. The SMILES string of the molecule is CC(=O)c1ccc(N2C(=O)N(Cc3ccccc3C)c3ccccc3S2(=O)=O)cc1. The molecule has 0 radical (unpaired) electrons. The maximum atomic E-state index is 13.4. The van der Waals surface area contributed by atoms with Crippen molar-refractivity contribution in [1.82, 2.24) is 0 Å². The molecule has 0 bridgehead atoms. The van der Waals surface area contributed by atoms with Gasteiger partial charge < -0.3 is 0 Å². The number of Topliss-reactive ketones (excluding diaryl/α,β-unsaturated/α-hetero) is 1. The minimum atomic E-state index is -4.10. The van der Waals surface area contributed by atoms with Gasteiger partial charge in [-0.25, -0.2) is 13.2 Å². The Morgan fingerprint density at radius 2 is 1.53 bits per heavy atom. The maximum absolute atomic E-state index is 13.4. The Bertz CT molecular complexity index is 1250. The largest absolute Gasteiger partial charge is 0.343 e. The number of hydrogen-bond acceptors (Lipinski definition) is 4. The van der Waals surface area contributed by atoms with E-state index < -0.39 is 16.1 Å². The molecule has 0 N–H and O–H groups in total. The van der Waals surface area contributed by atoms with Crippen molar-refractivity contribution in [2.24, 2.45) is 0 Å². The molecule has 6 nitrogen and oxygen atoms in total. The number of urea groups is 1. The topological polar surface area (TPSA) is 74.8 Å². The zero-order valence-electron chi connectivity index (χ0n) is 16.6. The number of carbonyl (C=O) groups is 2. The Hall–Kier alpha value is -3.45. The number of nitrogens with zero attached hydrogens (tertiary/aromatic N) is 2. The molecule has 4 rings (SSSR count). The Labute approximate surface area is 175 Å². The summed E-state index contributed by atoms with van der Waals surface area (Å²) < 4.78 is 27.4. The van der Waals surface area contributed by atoms with Crippen LogP contribution in [0.15, 0.2) is 77.7 Å². The summed E-state index contributed by atoms with van der Waals surface area (Å²) in [5.74, 6) is -0.138. The molecule has 152 valence electrons. The van der Waals surface area contributed by atoms with E-state index in [9.17, 15) is 18.0 Å². The fourth-order valence-electron chi connectivity index (χ4n) is 3.50. The van der Waals surface area contributed by atoms with Gasteiger partial charge in [-0.05, 0) is 61.4 Å². The number of hydrogen-bond donors (Lipinski definition) is 0. The fraction of sp³-hybridized carbons (Fsp3) is 0.130. The highest BCUT2D eigenvalue weighted by Gasteiger charge is 2.42. The van der Waals surface area contributed by atoms with E-state index in [2.05, 4.69) is 0 Å². The fourth-order valence-corrected chi connectivity index (χ4v) is 5.10. The van der Waals surface area contributed by atoms with Gasteiger partial charge in [0.2, 0.25) is 0 Å². The average Bonchev–Trinajstić information content (AvgIpc) is 2.73. The number of sulfonamides is 1. The number of anilines is 2. The summed E-state index contributed by atoms with van der Waals surface area (Å²) in [6.45, 7) is 3.61. The van der Waals surface area contributed by atoms with E-state index in [1.807, 2.05) is 31.2 Å². The number of ketones is 1. The normalized spacial score (nSPS) is 15.1. The van der Waals surface area contributed by atoms with E-state index in [-0.39, 0.29) is 22.9 Å². The molecule has 0 saturated carbocycles. The van der Waals surface area contributed by atoms with Gasteiger partial charge in [-0.1, -0.05) is 36.4 Å². The first-order valence-corrected chi connectivity index (χ1v) is 10.9.